The first kappa shape index (κ1) is 20.9. The van der Waals surface area contributed by atoms with E-state index >= 15 is 0 Å². The van der Waals surface area contributed by atoms with Crippen molar-refractivity contribution >= 4 is 21.6 Å². The second-order valence-corrected chi connectivity index (χ2v) is 9.16. The van der Waals surface area contributed by atoms with Crippen LogP contribution in [0.2, 0.25) is 0 Å². The smallest absolute Gasteiger partial charge is 0.262 e. The van der Waals surface area contributed by atoms with Gasteiger partial charge in [-0.1, -0.05) is 42.5 Å². The van der Waals surface area contributed by atoms with Gasteiger partial charge in [-0.3, -0.25) is 9.52 Å². The normalized spacial score (nSPS) is 13.5. The monoisotopic (exact) mass is 436 g/mol. The summed E-state index contributed by atoms with van der Waals surface area (Å²) in [5.74, 6) is 0.340. The molecule has 1 fully saturated rings. The molecule has 1 aliphatic rings. The number of ether oxygens (including phenoxy) is 1. The summed E-state index contributed by atoms with van der Waals surface area (Å²) < 4.78 is 33.3. The van der Waals surface area contributed by atoms with Crippen LogP contribution >= 0.6 is 0 Å². The van der Waals surface area contributed by atoms with Crippen molar-refractivity contribution in [3.05, 3.63) is 90.0 Å². The van der Waals surface area contributed by atoms with Gasteiger partial charge in [0.2, 0.25) is 0 Å². The Hall–Kier alpha value is -3.32. The molecular weight excluding hydrogens is 412 g/mol. The van der Waals surface area contributed by atoms with Crippen LogP contribution in [0.15, 0.2) is 83.8 Å². The average molecular weight is 437 g/mol. The molecule has 0 spiro atoms. The second kappa shape index (κ2) is 8.81. The lowest BCUT2D eigenvalue weighted by atomic mass is 10.1. The molecule has 3 aromatic rings. The molecule has 1 saturated carbocycles. The van der Waals surface area contributed by atoms with Crippen LogP contribution in [0.5, 0.6) is 5.75 Å². The van der Waals surface area contributed by atoms with Crippen LogP contribution in [0.1, 0.15) is 28.8 Å². The molecule has 0 aromatic heterocycles. The van der Waals surface area contributed by atoms with E-state index in [0.717, 1.165) is 18.4 Å². The zero-order chi connectivity index (χ0) is 21.8. The van der Waals surface area contributed by atoms with Gasteiger partial charge in [-0.25, -0.2) is 8.42 Å². The Morgan fingerprint density at radius 3 is 2.26 bits per heavy atom. The highest BCUT2D eigenvalue weighted by molar-refractivity contribution is 7.92. The molecule has 0 heterocycles. The van der Waals surface area contributed by atoms with E-state index < -0.39 is 10.0 Å². The molecule has 7 heteroatoms. The summed E-state index contributed by atoms with van der Waals surface area (Å²) in [7, 11) is -2.34. The van der Waals surface area contributed by atoms with Crippen molar-refractivity contribution in [1.29, 1.82) is 0 Å². The Morgan fingerprint density at radius 1 is 0.968 bits per heavy atom. The summed E-state index contributed by atoms with van der Waals surface area (Å²) in [6.45, 7) is 0.541. The molecule has 0 bridgehead atoms. The third-order valence-electron chi connectivity index (χ3n) is 5.21. The molecule has 0 aliphatic heterocycles. The zero-order valence-corrected chi connectivity index (χ0v) is 18.0. The van der Waals surface area contributed by atoms with Crippen molar-refractivity contribution in [3.63, 3.8) is 0 Å². The number of carbonyl (C=O) groups excluding carboxylic acids is 1. The highest BCUT2D eigenvalue weighted by atomic mass is 32.2. The molecule has 0 atom stereocenters. The van der Waals surface area contributed by atoms with Gasteiger partial charge in [0.25, 0.3) is 15.9 Å². The second-order valence-electron chi connectivity index (χ2n) is 7.48. The van der Waals surface area contributed by atoms with Crippen LogP contribution in [-0.2, 0) is 16.6 Å². The quantitative estimate of drug-likeness (QED) is 0.571. The fourth-order valence-electron chi connectivity index (χ4n) is 3.41. The summed E-state index contributed by atoms with van der Waals surface area (Å²) in [6.07, 6.45) is 1.99. The van der Waals surface area contributed by atoms with Gasteiger partial charge in [0.05, 0.1) is 17.7 Å². The van der Waals surface area contributed by atoms with E-state index in [9.17, 15) is 13.2 Å². The van der Waals surface area contributed by atoms with Crippen molar-refractivity contribution in [2.24, 2.45) is 0 Å². The van der Waals surface area contributed by atoms with Gasteiger partial charge in [-0.2, -0.15) is 0 Å². The Morgan fingerprint density at radius 2 is 1.61 bits per heavy atom. The van der Waals surface area contributed by atoms with Crippen molar-refractivity contribution in [3.8, 4) is 5.75 Å². The highest BCUT2D eigenvalue weighted by Crippen LogP contribution is 2.30. The number of hydrogen-bond acceptors (Lipinski definition) is 4. The maximum Gasteiger partial charge on any atom is 0.262 e. The SMILES string of the molecule is COc1ccccc1NS(=O)(=O)c1ccc(C(=O)N(Cc2ccccc2)C2CC2)cc1. The molecule has 160 valence electrons. The molecular formula is C24H24N2O4S. The maximum absolute atomic E-state index is 13.1. The number of hydrogen-bond donors (Lipinski definition) is 1. The summed E-state index contributed by atoms with van der Waals surface area (Å²) in [5, 5.41) is 0. The molecule has 1 N–H and O–H groups in total. The lowest BCUT2D eigenvalue weighted by molar-refractivity contribution is 0.0730. The minimum atomic E-state index is -3.82. The fourth-order valence-corrected chi connectivity index (χ4v) is 4.48. The average Bonchev–Trinajstić information content (AvgIpc) is 3.63. The fraction of sp³-hybridized carbons (Fsp3) is 0.208. The number of nitrogens with one attached hydrogen (secondary N) is 1. The minimum Gasteiger partial charge on any atom is -0.495 e. The standard InChI is InChI=1S/C24H24N2O4S/c1-30-23-10-6-5-9-22(23)25-31(28,29)21-15-11-19(12-16-21)24(27)26(20-13-14-20)17-18-7-3-2-4-8-18/h2-12,15-16,20,25H,13-14,17H2,1H3. The van der Waals surface area contributed by atoms with Gasteiger partial charge in [0.1, 0.15) is 5.75 Å². The van der Waals surface area contributed by atoms with Crippen LogP contribution in [0.25, 0.3) is 0 Å². The first-order valence-electron chi connectivity index (χ1n) is 10.1. The van der Waals surface area contributed by atoms with Crippen LogP contribution in [-0.4, -0.2) is 32.4 Å². The topological polar surface area (TPSA) is 75.7 Å². The first-order valence-corrected chi connectivity index (χ1v) is 11.6. The van der Waals surface area contributed by atoms with E-state index in [1.807, 2.05) is 35.2 Å². The van der Waals surface area contributed by atoms with Crippen LogP contribution in [0.3, 0.4) is 0 Å². The number of para-hydroxylation sites is 2. The van der Waals surface area contributed by atoms with E-state index in [0.29, 0.717) is 23.5 Å². The molecule has 31 heavy (non-hydrogen) atoms. The molecule has 4 rings (SSSR count). The van der Waals surface area contributed by atoms with Gasteiger partial charge in [0, 0.05) is 18.2 Å². The Bertz CT molecular complexity index is 1160. The predicted molar refractivity (Wildman–Crippen MR) is 120 cm³/mol. The maximum atomic E-state index is 13.1. The van der Waals surface area contributed by atoms with Gasteiger partial charge < -0.3 is 9.64 Å². The molecule has 6 nitrogen and oxygen atoms in total. The molecule has 0 unspecified atom stereocenters. The lowest BCUT2D eigenvalue weighted by Crippen LogP contribution is -2.32. The van der Waals surface area contributed by atoms with Gasteiger partial charge >= 0.3 is 0 Å². The Kier molecular flexibility index (Phi) is 5.95. The Balaban J connectivity index is 1.52. The van der Waals surface area contributed by atoms with E-state index in [4.69, 9.17) is 4.74 Å². The third kappa shape index (κ3) is 4.88. The van der Waals surface area contributed by atoms with Crippen LogP contribution in [0, 0.1) is 0 Å². The van der Waals surface area contributed by atoms with E-state index in [-0.39, 0.29) is 16.8 Å². The number of benzene rings is 3. The number of anilines is 1. The lowest BCUT2D eigenvalue weighted by Gasteiger charge is -2.23. The number of rotatable bonds is 8. The summed E-state index contributed by atoms with van der Waals surface area (Å²) in [6, 6.07) is 23.0. The molecule has 1 aliphatic carbocycles. The van der Waals surface area contributed by atoms with Gasteiger partial charge in [-0.15, -0.1) is 0 Å². The van der Waals surface area contributed by atoms with E-state index in [2.05, 4.69) is 4.72 Å². The van der Waals surface area contributed by atoms with E-state index in [1.165, 1.54) is 19.2 Å². The number of amides is 1. The third-order valence-corrected chi connectivity index (χ3v) is 6.59. The van der Waals surface area contributed by atoms with Gasteiger partial charge in [-0.05, 0) is 54.8 Å². The number of methoxy groups -OCH3 is 1. The predicted octanol–water partition coefficient (Wildman–Crippen LogP) is 4.30. The number of nitrogens with zero attached hydrogens (tertiary/aromatic N) is 1. The van der Waals surface area contributed by atoms with E-state index in [1.54, 1.807) is 36.4 Å². The number of sulfonamides is 1. The van der Waals surface area contributed by atoms with Crippen LogP contribution < -0.4 is 9.46 Å². The molecule has 0 radical (unpaired) electrons. The van der Waals surface area contributed by atoms with Gasteiger partial charge in [0.15, 0.2) is 0 Å². The van der Waals surface area contributed by atoms with Crippen molar-refractivity contribution in [2.45, 2.75) is 30.3 Å². The largest absolute Gasteiger partial charge is 0.495 e. The first-order chi connectivity index (χ1) is 15.0. The van der Waals surface area contributed by atoms with Crippen molar-refractivity contribution in [1.82, 2.24) is 4.90 Å². The summed E-state index contributed by atoms with van der Waals surface area (Å²) in [5.41, 5.74) is 1.90. The highest BCUT2D eigenvalue weighted by Gasteiger charge is 2.33. The van der Waals surface area contributed by atoms with Crippen molar-refractivity contribution < 1.29 is 17.9 Å². The molecule has 1 amide bonds. The molecule has 0 saturated heterocycles. The van der Waals surface area contributed by atoms with Crippen LogP contribution in [0.4, 0.5) is 5.69 Å². The zero-order valence-electron chi connectivity index (χ0n) is 17.2. The van der Waals surface area contributed by atoms with Crippen molar-refractivity contribution in [2.75, 3.05) is 11.8 Å². The Labute approximate surface area is 182 Å². The number of carbonyl (C=O) groups is 1. The molecule has 3 aromatic carbocycles. The summed E-state index contributed by atoms with van der Waals surface area (Å²) >= 11 is 0. The summed E-state index contributed by atoms with van der Waals surface area (Å²) in [4.78, 5) is 15.1. The minimum absolute atomic E-state index is 0.0796.